The van der Waals surface area contributed by atoms with Crippen LogP contribution in [0.15, 0.2) is 115 Å². The molecule has 0 aromatic heterocycles. The van der Waals surface area contributed by atoms with Crippen LogP contribution in [0.4, 0.5) is 11.4 Å². The highest BCUT2D eigenvalue weighted by Gasteiger charge is 2.34. The number of imide groups is 1. The van der Waals surface area contributed by atoms with Gasteiger partial charge < -0.3 is 5.32 Å². The van der Waals surface area contributed by atoms with Crippen molar-refractivity contribution >= 4 is 45.1 Å². The summed E-state index contributed by atoms with van der Waals surface area (Å²) in [5.74, 6) is -0.600. The molecule has 202 valence electrons. The minimum Gasteiger partial charge on any atom is -0.385 e. The smallest absolute Gasteiger partial charge is 0.265 e. The molecular formula is C37H32N2O2. The maximum Gasteiger partial charge on any atom is 0.265 e. The number of carbonyl (C=O) groups excluding carboxylic acids is 2. The summed E-state index contributed by atoms with van der Waals surface area (Å²) in [6.07, 6.45) is 2.14. The van der Waals surface area contributed by atoms with E-state index in [2.05, 4.69) is 43.4 Å². The molecule has 5 aromatic carbocycles. The zero-order valence-electron chi connectivity index (χ0n) is 23.4. The molecule has 0 aliphatic carbocycles. The van der Waals surface area contributed by atoms with Gasteiger partial charge in [-0.2, -0.15) is 0 Å². The Kier molecular flexibility index (Phi) is 7.22. The van der Waals surface area contributed by atoms with Crippen LogP contribution < -0.4 is 10.2 Å². The predicted octanol–water partition coefficient (Wildman–Crippen LogP) is 8.83. The molecule has 1 N–H and O–H groups in total. The maximum absolute atomic E-state index is 13.8. The third-order valence-corrected chi connectivity index (χ3v) is 7.81. The van der Waals surface area contributed by atoms with Crippen molar-refractivity contribution in [2.45, 2.75) is 26.7 Å². The molecule has 0 spiro atoms. The van der Waals surface area contributed by atoms with E-state index in [-0.39, 0.29) is 11.8 Å². The van der Waals surface area contributed by atoms with E-state index in [1.54, 1.807) is 0 Å². The van der Waals surface area contributed by atoms with E-state index in [0.717, 1.165) is 63.7 Å². The molecule has 0 saturated carbocycles. The summed E-state index contributed by atoms with van der Waals surface area (Å²) in [6.45, 7) is 5.13. The van der Waals surface area contributed by atoms with Gasteiger partial charge in [0.05, 0.1) is 5.69 Å². The normalized spacial score (nSPS) is 13.4. The molecule has 0 saturated heterocycles. The molecular weight excluding hydrogens is 504 g/mol. The monoisotopic (exact) mass is 536 g/mol. The van der Waals surface area contributed by atoms with E-state index in [4.69, 9.17) is 0 Å². The second-order valence-electron chi connectivity index (χ2n) is 10.4. The number of allylic oxidation sites excluding steroid dienone is 1. The molecule has 41 heavy (non-hydrogen) atoms. The van der Waals surface area contributed by atoms with Crippen molar-refractivity contribution in [2.24, 2.45) is 0 Å². The summed E-state index contributed by atoms with van der Waals surface area (Å²) in [6, 6.07) is 37.9. The molecule has 0 fully saturated rings. The molecule has 2 amide bonds. The van der Waals surface area contributed by atoms with Crippen LogP contribution in [-0.2, 0) is 0 Å². The summed E-state index contributed by atoms with van der Waals surface area (Å²) >= 11 is 0. The van der Waals surface area contributed by atoms with Gasteiger partial charge in [0.1, 0.15) is 0 Å². The first-order valence-corrected chi connectivity index (χ1v) is 14.2. The number of nitrogens with one attached hydrogen (secondary N) is 1. The average molecular weight is 537 g/mol. The van der Waals surface area contributed by atoms with E-state index < -0.39 is 0 Å². The molecule has 0 radical (unpaired) electrons. The van der Waals surface area contributed by atoms with Crippen molar-refractivity contribution in [3.63, 3.8) is 0 Å². The van der Waals surface area contributed by atoms with Crippen LogP contribution in [0.3, 0.4) is 0 Å². The van der Waals surface area contributed by atoms with Crippen LogP contribution in [0.2, 0.25) is 0 Å². The number of amides is 2. The molecule has 1 heterocycles. The fourth-order valence-corrected chi connectivity index (χ4v) is 5.70. The van der Waals surface area contributed by atoms with Crippen molar-refractivity contribution in [1.82, 2.24) is 0 Å². The lowest BCUT2D eigenvalue weighted by molar-refractivity contribution is 0.0893. The summed E-state index contributed by atoms with van der Waals surface area (Å²) in [7, 11) is 0. The van der Waals surface area contributed by atoms with Crippen LogP contribution in [0.5, 0.6) is 0 Å². The van der Waals surface area contributed by atoms with Crippen LogP contribution >= 0.6 is 0 Å². The fraction of sp³-hybridized carbons (Fsp3) is 0.135. The van der Waals surface area contributed by atoms with Crippen molar-refractivity contribution in [3.8, 4) is 0 Å². The van der Waals surface area contributed by atoms with Gasteiger partial charge >= 0.3 is 0 Å². The minimum atomic E-state index is -0.300. The first-order valence-electron chi connectivity index (χ1n) is 14.2. The Morgan fingerprint density at radius 1 is 0.659 bits per heavy atom. The van der Waals surface area contributed by atoms with Crippen molar-refractivity contribution < 1.29 is 9.59 Å². The van der Waals surface area contributed by atoms with Crippen LogP contribution in [0, 0.1) is 0 Å². The molecule has 6 rings (SSSR count). The number of rotatable bonds is 8. The SMILES string of the molecule is CCCCNc1ccc2c3c(cccc13)C(=O)N(c1ccc(/C(=C(\C)c3ccccc3)c3ccccc3)cc1)C2=O. The first-order chi connectivity index (χ1) is 20.1. The maximum atomic E-state index is 13.8. The molecule has 0 atom stereocenters. The Hall–Kier alpha value is -4.96. The summed E-state index contributed by atoms with van der Waals surface area (Å²) < 4.78 is 0. The number of hydrogen-bond donors (Lipinski definition) is 1. The van der Waals surface area contributed by atoms with Gasteiger partial charge in [0.15, 0.2) is 0 Å². The van der Waals surface area contributed by atoms with Gasteiger partial charge in [-0.15, -0.1) is 0 Å². The quantitative estimate of drug-likeness (QED) is 0.122. The van der Waals surface area contributed by atoms with Gasteiger partial charge in [0.2, 0.25) is 0 Å². The Labute approximate surface area is 241 Å². The van der Waals surface area contributed by atoms with Gasteiger partial charge in [0, 0.05) is 34.1 Å². The number of benzene rings is 5. The second-order valence-corrected chi connectivity index (χ2v) is 10.4. The first kappa shape index (κ1) is 26.3. The lowest BCUT2D eigenvalue weighted by Gasteiger charge is -2.28. The largest absolute Gasteiger partial charge is 0.385 e. The van der Waals surface area contributed by atoms with Crippen LogP contribution in [0.1, 0.15) is 64.1 Å². The topological polar surface area (TPSA) is 49.4 Å². The number of hydrogen-bond acceptors (Lipinski definition) is 3. The Bertz CT molecular complexity index is 1750. The van der Waals surface area contributed by atoms with Crippen LogP contribution in [-0.4, -0.2) is 18.4 Å². The van der Waals surface area contributed by atoms with Gasteiger partial charge in [0.25, 0.3) is 11.8 Å². The Morgan fingerprint density at radius 2 is 1.27 bits per heavy atom. The number of carbonyl (C=O) groups is 2. The van der Waals surface area contributed by atoms with Crippen LogP contribution in [0.25, 0.3) is 21.9 Å². The highest BCUT2D eigenvalue weighted by Crippen LogP contribution is 2.38. The number of anilines is 2. The van der Waals surface area contributed by atoms with Crippen molar-refractivity contribution in [1.29, 1.82) is 0 Å². The molecule has 1 aliphatic rings. The fourth-order valence-electron chi connectivity index (χ4n) is 5.70. The van der Waals surface area contributed by atoms with Gasteiger partial charge in [-0.25, -0.2) is 4.90 Å². The zero-order chi connectivity index (χ0) is 28.3. The van der Waals surface area contributed by atoms with Crippen molar-refractivity contribution in [2.75, 3.05) is 16.8 Å². The van der Waals surface area contributed by atoms with Gasteiger partial charge in [-0.05, 0) is 71.5 Å². The third kappa shape index (κ3) is 4.82. The molecule has 4 nitrogen and oxygen atoms in total. The van der Waals surface area contributed by atoms with Gasteiger partial charge in [-0.1, -0.05) is 98.3 Å². The molecule has 4 heteroatoms. The highest BCUT2D eigenvalue weighted by atomic mass is 16.2. The van der Waals surface area contributed by atoms with E-state index in [1.165, 1.54) is 4.90 Å². The number of nitrogens with zero attached hydrogens (tertiary/aromatic N) is 1. The zero-order valence-corrected chi connectivity index (χ0v) is 23.4. The van der Waals surface area contributed by atoms with E-state index in [1.807, 2.05) is 91.0 Å². The summed E-state index contributed by atoms with van der Waals surface area (Å²) in [5, 5.41) is 5.11. The molecule has 1 aliphatic heterocycles. The lowest BCUT2D eigenvalue weighted by atomic mass is 9.90. The predicted molar refractivity (Wildman–Crippen MR) is 169 cm³/mol. The third-order valence-electron chi connectivity index (χ3n) is 7.81. The Morgan fingerprint density at radius 3 is 1.93 bits per heavy atom. The number of unbranched alkanes of at least 4 members (excludes halogenated alkanes) is 1. The summed E-state index contributed by atoms with van der Waals surface area (Å²) in [5.41, 5.74) is 8.13. The van der Waals surface area contributed by atoms with E-state index in [9.17, 15) is 9.59 Å². The molecule has 0 unspecified atom stereocenters. The summed E-state index contributed by atoms with van der Waals surface area (Å²) in [4.78, 5) is 28.9. The average Bonchev–Trinajstić information content (AvgIpc) is 3.02. The van der Waals surface area contributed by atoms with Gasteiger partial charge in [-0.3, -0.25) is 9.59 Å². The lowest BCUT2D eigenvalue weighted by Crippen LogP contribution is -2.40. The van der Waals surface area contributed by atoms with Crippen molar-refractivity contribution in [3.05, 3.63) is 143 Å². The minimum absolute atomic E-state index is 0.300. The van der Waals surface area contributed by atoms with E-state index in [0.29, 0.717) is 16.8 Å². The standard InChI is InChI=1S/C37H32N2O2/c1-3-4-24-38-33-23-22-32-35-30(33)16-11-17-31(35)36(40)39(37(32)41)29-20-18-28(19-21-29)34(27-14-9-6-10-15-27)25(2)26-12-7-5-8-13-26/h5-23,38H,3-4,24H2,1-2H3/b34-25+. The highest BCUT2D eigenvalue weighted by molar-refractivity contribution is 6.36. The second kappa shape index (κ2) is 11.3. The molecule has 0 bridgehead atoms. The molecule has 5 aromatic rings. The Balaban J connectivity index is 1.39. The van der Waals surface area contributed by atoms with E-state index >= 15 is 0 Å².